The van der Waals surface area contributed by atoms with Crippen molar-refractivity contribution in [1.82, 2.24) is 4.98 Å². The van der Waals surface area contributed by atoms with Crippen molar-refractivity contribution in [1.29, 1.82) is 0 Å². The number of aliphatic hydroxyl groups is 1. The lowest BCUT2D eigenvalue weighted by Gasteiger charge is -1.99. The van der Waals surface area contributed by atoms with E-state index >= 15 is 0 Å². The summed E-state index contributed by atoms with van der Waals surface area (Å²) in [6.07, 6.45) is 2.29. The SMILES string of the molecule is CCCOCc1ocnc1CO. The number of aliphatic hydroxyl groups excluding tert-OH is 1. The highest BCUT2D eigenvalue weighted by Gasteiger charge is 2.05. The van der Waals surface area contributed by atoms with Gasteiger partial charge >= 0.3 is 0 Å². The van der Waals surface area contributed by atoms with Crippen LogP contribution >= 0.6 is 0 Å². The van der Waals surface area contributed by atoms with Crippen LogP contribution in [-0.4, -0.2) is 16.7 Å². The van der Waals surface area contributed by atoms with Gasteiger partial charge in [-0.2, -0.15) is 0 Å². The number of nitrogens with zero attached hydrogens (tertiary/aromatic N) is 1. The second-order valence-electron chi connectivity index (χ2n) is 2.43. The smallest absolute Gasteiger partial charge is 0.181 e. The lowest BCUT2D eigenvalue weighted by molar-refractivity contribution is 0.104. The van der Waals surface area contributed by atoms with Gasteiger partial charge in [-0.05, 0) is 6.42 Å². The van der Waals surface area contributed by atoms with Gasteiger partial charge in [-0.1, -0.05) is 6.92 Å². The molecule has 0 amide bonds. The fraction of sp³-hybridized carbons (Fsp3) is 0.625. The Morgan fingerprint density at radius 3 is 3.17 bits per heavy atom. The molecule has 0 unspecified atom stereocenters. The van der Waals surface area contributed by atoms with E-state index in [4.69, 9.17) is 14.3 Å². The third kappa shape index (κ3) is 2.32. The summed E-state index contributed by atoms with van der Waals surface area (Å²) < 4.78 is 10.2. The minimum absolute atomic E-state index is 0.0959. The zero-order valence-electron chi connectivity index (χ0n) is 7.12. The Hall–Kier alpha value is -0.870. The first-order valence-electron chi connectivity index (χ1n) is 3.98. The molecule has 4 heteroatoms. The van der Waals surface area contributed by atoms with Crippen LogP contribution in [0.25, 0.3) is 0 Å². The monoisotopic (exact) mass is 171 g/mol. The van der Waals surface area contributed by atoms with Crippen LogP contribution in [0.3, 0.4) is 0 Å². The molecule has 0 spiro atoms. The summed E-state index contributed by atoms with van der Waals surface area (Å²) in [5.41, 5.74) is 0.561. The molecule has 1 N–H and O–H groups in total. The Morgan fingerprint density at radius 2 is 2.50 bits per heavy atom. The molecule has 0 aromatic carbocycles. The Labute approximate surface area is 71.2 Å². The molecular formula is C8H13NO3. The van der Waals surface area contributed by atoms with Crippen molar-refractivity contribution in [2.45, 2.75) is 26.6 Å². The summed E-state index contributed by atoms with van der Waals surface area (Å²) in [7, 11) is 0. The van der Waals surface area contributed by atoms with E-state index in [0.717, 1.165) is 6.42 Å². The van der Waals surface area contributed by atoms with Gasteiger partial charge in [-0.15, -0.1) is 0 Å². The Bertz CT molecular complexity index is 222. The predicted molar refractivity (Wildman–Crippen MR) is 42.4 cm³/mol. The molecule has 4 nitrogen and oxygen atoms in total. The topological polar surface area (TPSA) is 55.5 Å². The van der Waals surface area contributed by atoms with E-state index in [-0.39, 0.29) is 6.61 Å². The summed E-state index contributed by atoms with van der Waals surface area (Å²) in [4.78, 5) is 3.82. The van der Waals surface area contributed by atoms with E-state index in [1.165, 1.54) is 6.39 Å². The maximum Gasteiger partial charge on any atom is 0.181 e. The largest absolute Gasteiger partial charge is 0.446 e. The second-order valence-corrected chi connectivity index (χ2v) is 2.43. The van der Waals surface area contributed by atoms with Crippen molar-refractivity contribution < 1.29 is 14.3 Å². The van der Waals surface area contributed by atoms with Gasteiger partial charge in [0.05, 0.1) is 6.61 Å². The first kappa shape index (κ1) is 9.22. The molecule has 1 heterocycles. The molecule has 12 heavy (non-hydrogen) atoms. The summed E-state index contributed by atoms with van der Waals surface area (Å²) in [5.74, 6) is 0.617. The zero-order valence-corrected chi connectivity index (χ0v) is 7.12. The van der Waals surface area contributed by atoms with Gasteiger partial charge in [0.15, 0.2) is 12.2 Å². The molecular weight excluding hydrogens is 158 g/mol. The molecule has 0 atom stereocenters. The van der Waals surface area contributed by atoms with Gasteiger partial charge in [0.2, 0.25) is 0 Å². The average molecular weight is 171 g/mol. The number of aromatic nitrogens is 1. The van der Waals surface area contributed by atoms with Crippen LogP contribution in [0.15, 0.2) is 10.8 Å². The number of hydrogen-bond donors (Lipinski definition) is 1. The Kier molecular flexibility index (Phi) is 3.76. The van der Waals surface area contributed by atoms with Gasteiger partial charge < -0.3 is 14.3 Å². The van der Waals surface area contributed by atoms with Crippen molar-refractivity contribution in [3.63, 3.8) is 0 Å². The van der Waals surface area contributed by atoms with Crippen LogP contribution in [0.5, 0.6) is 0 Å². The maximum absolute atomic E-state index is 8.79. The minimum atomic E-state index is -0.0959. The lowest BCUT2D eigenvalue weighted by atomic mass is 10.4. The molecule has 0 aliphatic rings. The standard InChI is InChI=1S/C8H13NO3/c1-2-3-11-5-8-7(4-10)9-6-12-8/h6,10H,2-5H2,1H3. The highest BCUT2D eigenvalue weighted by atomic mass is 16.5. The maximum atomic E-state index is 8.79. The van der Waals surface area contributed by atoms with E-state index in [1.807, 2.05) is 6.92 Å². The molecule has 68 valence electrons. The van der Waals surface area contributed by atoms with Crippen molar-refractivity contribution in [3.05, 3.63) is 17.8 Å². The molecule has 0 aliphatic carbocycles. The van der Waals surface area contributed by atoms with E-state index in [9.17, 15) is 0 Å². The van der Waals surface area contributed by atoms with Crippen LogP contribution < -0.4 is 0 Å². The second kappa shape index (κ2) is 4.90. The highest BCUT2D eigenvalue weighted by Crippen LogP contribution is 2.07. The number of ether oxygens (including phenoxy) is 1. The number of rotatable bonds is 5. The molecule has 0 aliphatic heterocycles. The number of hydrogen-bond acceptors (Lipinski definition) is 4. The summed E-state index contributed by atoms with van der Waals surface area (Å²) in [5, 5.41) is 8.79. The molecule has 0 saturated carbocycles. The van der Waals surface area contributed by atoms with Crippen molar-refractivity contribution in [2.24, 2.45) is 0 Å². The minimum Gasteiger partial charge on any atom is -0.446 e. The van der Waals surface area contributed by atoms with Crippen LogP contribution in [0.2, 0.25) is 0 Å². The molecule has 0 bridgehead atoms. The Balaban J connectivity index is 2.39. The third-order valence-corrected chi connectivity index (χ3v) is 1.46. The van der Waals surface area contributed by atoms with Gasteiger partial charge in [0.1, 0.15) is 12.3 Å². The molecule has 1 aromatic heterocycles. The van der Waals surface area contributed by atoms with Crippen molar-refractivity contribution >= 4 is 0 Å². The molecule has 1 aromatic rings. The summed E-state index contributed by atoms with van der Waals surface area (Å²) in [6, 6.07) is 0. The average Bonchev–Trinajstić information content (AvgIpc) is 2.52. The van der Waals surface area contributed by atoms with Gasteiger partial charge in [0.25, 0.3) is 0 Å². The van der Waals surface area contributed by atoms with Gasteiger partial charge in [-0.25, -0.2) is 4.98 Å². The molecule has 0 radical (unpaired) electrons. The fourth-order valence-electron chi connectivity index (χ4n) is 0.849. The third-order valence-electron chi connectivity index (χ3n) is 1.46. The van der Waals surface area contributed by atoms with E-state index in [0.29, 0.717) is 24.7 Å². The first-order valence-corrected chi connectivity index (χ1v) is 3.98. The van der Waals surface area contributed by atoms with Gasteiger partial charge in [-0.3, -0.25) is 0 Å². The van der Waals surface area contributed by atoms with Crippen LogP contribution in [0.1, 0.15) is 24.8 Å². The normalized spacial score (nSPS) is 10.5. The Morgan fingerprint density at radius 1 is 1.67 bits per heavy atom. The van der Waals surface area contributed by atoms with E-state index in [1.54, 1.807) is 0 Å². The predicted octanol–water partition coefficient (Wildman–Crippen LogP) is 1.09. The molecule has 1 rings (SSSR count). The lowest BCUT2D eigenvalue weighted by Crippen LogP contribution is -1.96. The van der Waals surface area contributed by atoms with E-state index in [2.05, 4.69) is 4.98 Å². The van der Waals surface area contributed by atoms with Crippen LogP contribution in [-0.2, 0) is 18.0 Å². The fourth-order valence-corrected chi connectivity index (χ4v) is 0.849. The summed E-state index contributed by atoms with van der Waals surface area (Å²) >= 11 is 0. The van der Waals surface area contributed by atoms with Crippen molar-refractivity contribution in [2.75, 3.05) is 6.61 Å². The molecule has 0 saturated heterocycles. The summed E-state index contributed by atoms with van der Waals surface area (Å²) in [6.45, 7) is 3.03. The zero-order chi connectivity index (χ0) is 8.81. The van der Waals surface area contributed by atoms with E-state index < -0.39 is 0 Å². The molecule has 0 fully saturated rings. The van der Waals surface area contributed by atoms with Gasteiger partial charge in [0, 0.05) is 6.61 Å². The highest BCUT2D eigenvalue weighted by molar-refractivity contribution is 5.04. The van der Waals surface area contributed by atoms with Crippen LogP contribution in [0, 0.1) is 0 Å². The first-order chi connectivity index (χ1) is 5.88. The number of oxazole rings is 1. The van der Waals surface area contributed by atoms with Crippen LogP contribution in [0.4, 0.5) is 0 Å². The van der Waals surface area contributed by atoms with Crippen molar-refractivity contribution in [3.8, 4) is 0 Å². The quantitative estimate of drug-likeness (QED) is 0.674.